The SMILES string of the molecule is CC(C)Cc1cccc(COC(=O)C2C(/C=C3\CCSC3=O)C2(C)C)c1. The first-order chi connectivity index (χ1) is 12.3. The third-order valence-electron chi connectivity index (χ3n) is 5.43. The zero-order chi connectivity index (χ0) is 18.9. The Hall–Kier alpha value is -1.55. The standard InChI is InChI=1S/C22H28O3S/c1-14(2)10-15-6-5-7-16(11-15)13-25-20(23)19-18(22(19,3)4)12-17-8-9-26-21(17)24/h5-7,11-12,14,18-19H,8-10,13H2,1-4H3/b17-12+. The van der Waals surface area contributed by atoms with Crippen LogP contribution >= 0.6 is 11.8 Å². The van der Waals surface area contributed by atoms with Gasteiger partial charge in [-0.05, 0) is 41.2 Å². The van der Waals surface area contributed by atoms with Gasteiger partial charge >= 0.3 is 5.97 Å². The van der Waals surface area contributed by atoms with Crippen LogP contribution in [-0.2, 0) is 27.4 Å². The summed E-state index contributed by atoms with van der Waals surface area (Å²) < 4.78 is 5.61. The average Bonchev–Trinajstić information content (AvgIpc) is 2.87. The summed E-state index contributed by atoms with van der Waals surface area (Å²) in [4.78, 5) is 24.4. The molecular formula is C22H28O3S. The van der Waals surface area contributed by atoms with Gasteiger partial charge in [-0.1, -0.05) is 69.8 Å². The van der Waals surface area contributed by atoms with Gasteiger partial charge in [-0.25, -0.2) is 0 Å². The molecule has 0 amide bonds. The first-order valence-corrected chi connectivity index (χ1v) is 10.4. The van der Waals surface area contributed by atoms with Gasteiger partial charge < -0.3 is 4.74 Å². The second-order valence-corrected chi connectivity index (χ2v) is 9.50. The normalized spacial score (nSPS) is 25.7. The molecule has 1 aliphatic heterocycles. The molecule has 0 bridgehead atoms. The Balaban J connectivity index is 1.59. The Morgan fingerprint density at radius 1 is 1.35 bits per heavy atom. The summed E-state index contributed by atoms with van der Waals surface area (Å²) >= 11 is 1.37. The third kappa shape index (κ3) is 4.22. The molecule has 140 valence electrons. The van der Waals surface area contributed by atoms with E-state index in [-0.39, 0.29) is 28.3 Å². The van der Waals surface area contributed by atoms with Crippen molar-refractivity contribution in [1.29, 1.82) is 0 Å². The number of benzene rings is 1. The van der Waals surface area contributed by atoms with Gasteiger partial charge in [0.05, 0.1) is 5.92 Å². The van der Waals surface area contributed by atoms with Gasteiger partial charge in [0.1, 0.15) is 6.61 Å². The number of rotatable bonds is 6. The van der Waals surface area contributed by atoms with Gasteiger partial charge in [0.25, 0.3) is 0 Å². The van der Waals surface area contributed by atoms with Gasteiger partial charge in [0.2, 0.25) is 5.12 Å². The van der Waals surface area contributed by atoms with E-state index in [1.165, 1.54) is 17.3 Å². The monoisotopic (exact) mass is 372 g/mol. The van der Waals surface area contributed by atoms with E-state index < -0.39 is 0 Å². The minimum atomic E-state index is -0.149. The highest BCUT2D eigenvalue weighted by Gasteiger charge is 2.61. The number of ether oxygens (including phenoxy) is 1. The number of thioether (sulfide) groups is 1. The summed E-state index contributed by atoms with van der Waals surface area (Å²) in [6, 6.07) is 8.27. The Morgan fingerprint density at radius 3 is 2.73 bits per heavy atom. The Labute approximate surface area is 160 Å². The van der Waals surface area contributed by atoms with Gasteiger partial charge in [0, 0.05) is 11.3 Å². The minimum Gasteiger partial charge on any atom is -0.461 e. The second kappa shape index (κ2) is 7.59. The maximum atomic E-state index is 12.6. The van der Waals surface area contributed by atoms with Gasteiger partial charge in [-0.15, -0.1) is 0 Å². The van der Waals surface area contributed by atoms with Crippen molar-refractivity contribution < 1.29 is 14.3 Å². The molecule has 1 saturated heterocycles. The number of carbonyl (C=O) groups is 2. The van der Waals surface area contributed by atoms with Crippen molar-refractivity contribution >= 4 is 22.8 Å². The van der Waals surface area contributed by atoms with Gasteiger partial charge in [0.15, 0.2) is 0 Å². The van der Waals surface area contributed by atoms with Crippen LogP contribution in [0.25, 0.3) is 0 Å². The number of hydrogen-bond acceptors (Lipinski definition) is 4. The van der Waals surface area contributed by atoms with Crippen LogP contribution < -0.4 is 0 Å². The summed E-state index contributed by atoms with van der Waals surface area (Å²) in [5.41, 5.74) is 3.06. The van der Waals surface area contributed by atoms with Crippen LogP contribution in [0.1, 0.15) is 45.2 Å². The lowest BCUT2D eigenvalue weighted by atomic mass is 10.0. The Kier molecular flexibility index (Phi) is 5.61. The molecule has 0 radical (unpaired) electrons. The molecule has 1 aromatic carbocycles. The predicted molar refractivity (Wildman–Crippen MR) is 106 cm³/mol. The highest BCUT2D eigenvalue weighted by Crippen LogP contribution is 2.60. The fraction of sp³-hybridized carbons (Fsp3) is 0.545. The molecule has 3 nitrogen and oxygen atoms in total. The summed E-state index contributed by atoms with van der Waals surface area (Å²) in [5.74, 6) is 1.28. The average molecular weight is 373 g/mol. The van der Waals surface area contributed by atoms with Crippen LogP contribution in [-0.4, -0.2) is 16.8 Å². The quantitative estimate of drug-likeness (QED) is 0.532. The maximum Gasteiger partial charge on any atom is 0.310 e. The number of hydrogen-bond donors (Lipinski definition) is 0. The Morgan fingerprint density at radius 2 is 2.08 bits per heavy atom. The van der Waals surface area contributed by atoms with Crippen LogP contribution in [0.15, 0.2) is 35.9 Å². The second-order valence-electron chi connectivity index (χ2n) is 8.43. The van der Waals surface area contributed by atoms with E-state index in [1.54, 1.807) is 0 Å². The van der Waals surface area contributed by atoms with E-state index in [9.17, 15) is 9.59 Å². The molecule has 26 heavy (non-hydrogen) atoms. The zero-order valence-corrected chi connectivity index (χ0v) is 16.9. The van der Waals surface area contributed by atoms with Crippen LogP contribution in [0.5, 0.6) is 0 Å². The predicted octanol–water partition coefficient (Wildman–Crippen LogP) is 4.79. The molecular weight excluding hydrogens is 344 g/mol. The number of carbonyl (C=O) groups excluding carboxylic acids is 2. The van der Waals surface area contributed by atoms with Gasteiger partial charge in [-0.3, -0.25) is 9.59 Å². The third-order valence-corrected chi connectivity index (χ3v) is 6.36. The number of allylic oxidation sites excluding steroid dienone is 1. The minimum absolute atomic E-state index is 0.111. The van der Waals surface area contributed by atoms with Crippen LogP contribution in [0.3, 0.4) is 0 Å². The lowest BCUT2D eigenvalue weighted by molar-refractivity contribution is -0.147. The molecule has 1 saturated carbocycles. The van der Waals surface area contributed by atoms with Crippen molar-refractivity contribution in [3.05, 3.63) is 47.0 Å². The first kappa shape index (κ1) is 19.2. The molecule has 1 aromatic rings. The lowest BCUT2D eigenvalue weighted by Gasteiger charge is -2.09. The molecule has 2 aliphatic rings. The van der Waals surface area contributed by atoms with E-state index in [0.29, 0.717) is 12.5 Å². The van der Waals surface area contributed by atoms with Crippen molar-refractivity contribution in [3.8, 4) is 0 Å². The van der Waals surface area contributed by atoms with Gasteiger partial charge in [-0.2, -0.15) is 0 Å². The molecule has 1 aliphatic carbocycles. The Bertz CT molecular complexity index is 733. The van der Waals surface area contributed by atoms with Crippen LogP contribution in [0.4, 0.5) is 0 Å². The molecule has 2 atom stereocenters. The van der Waals surface area contributed by atoms with Crippen molar-refractivity contribution in [2.75, 3.05) is 5.75 Å². The summed E-state index contributed by atoms with van der Waals surface area (Å²) in [5, 5.41) is 0.168. The molecule has 0 aromatic heterocycles. The van der Waals surface area contributed by atoms with Crippen molar-refractivity contribution in [3.63, 3.8) is 0 Å². The van der Waals surface area contributed by atoms with E-state index in [2.05, 4.69) is 39.8 Å². The molecule has 2 unspecified atom stereocenters. The summed E-state index contributed by atoms with van der Waals surface area (Å²) in [6.45, 7) is 8.87. The number of esters is 1. The maximum absolute atomic E-state index is 12.6. The summed E-state index contributed by atoms with van der Waals surface area (Å²) in [6.07, 6.45) is 3.87. The fourth-order valence-corrected chi connectivity index (χ4v) is 4.68. The summed E-state index contributed by atoms with van der Waals surface area (Å²) in [7, 11) is 0. The van der Waals surface area contributed by atoms with Crippen molar-refractivity contribution in [1.82, 2.24) is 0 Å². The first-order valence-electron chi connectivity index (χ1n) is 9.41. The lowest BCUT2D eigenvalue weighted by Crippen LogP contribution is -2.11. The molecule has 0 N–H and O–H groups in total. The van der Waals surface area contributed by atoms with Crippen LogP contribution in [0.2, 0.25) is 0 Å². The largest absolute Gasteiger partial charge is 0.461 e. The molecule has 1 heterocycles. The van der Waals surface area contributed by atoms with E-state index in [1.807, 2.05) is 18.2 Å². The highest BCUT2D eigenvalue weighted by atomic mass is 32.2. The van der Waals surface area contributed by atoms with E-state index >= 15 is 0 Å². The molecule has 3 rings (SSSR count). The highest BCUT2D eigenvalue weighted by molar-refractivity contribution is 8.14. The fourth-order valence-electron chi connectivity index (χ4n) is 3.82. The zero-order valence-electron chi connectivity index (χ0n) is 16.1. The smallest absolute Gasteiger partial charge is 0.310 e. The van der Waals surface area contributed by atoms with E-state index in [4.69, 9.17) is 4.74 Å². The van der Waals surface area contributed by atoms with E-state index in [0.717, 1.165) is 29.7 Å². The van der Waals surface area contributed by atoms with Crippen molar-refractivity contribution in [2.45, 2.75) is 47.1 Å². The van der Waals surface area contributed by atoms with Crippen molar-refractivity contribution in [2.24, 2.45) is 23.2 Å². The molecule has 4 heteroatoms. The molecule has 2 fully saturated rings. The topological polar surface area (TPSA) is 43.4 Å². The molecule has 0 spiro atoms. The van der Waals surface area contributed by atoms with Crippen LogP contribution in [0, 0.1) is 23.2 Å².